The van der Waals surface area contributed by atoms with E-state index >= 15 is 0 Å². The van der Waals surface area contributed by atoms with Crippen molar-refractivity contribution in [1.29, 1.82) is 0 Å². The van der Waals surface area contributed by atoms with E-state index in [-0.39, 0.29) is 39.8 Å². The Morgan fingerprint density at radius 1 is 1.06 bits per heavy atom. The van der Waals surface area contributed by atoms with Crippen LogP contribution in [0, 0.1) is 12.7 Å². The molecule has 1 atom stereocenters. The number of hydrogen-bond donors (Lipinski definition) is 1. The van der Waals surface area contributed by atoms with E-state index in [0.29, 0.717) is 5.75 Å². The molecule has 0 fully saturated rings. The van der Waals surface area contributed by atoms with Crippen molar-refractivity contribution >= 4 is 15.7 Å². The fourth-order valence-corrected chi connectivity index (χ4v) is 4.97. The normalized spacial score (nSPS) is 12.2. The van der Waals surface area contributed by atoms with Gasteiger partial charge in [-0.05, 0) is 55.0 Å². The minimum atomic E-state index is -4.02. The van der Waals surface area contributed by atoms with Gasteiger partial charge in [-0.1, -0.05) is 0 Å². The molecule has 0 radical (unpaired) electrons. The summed E-state index contributed by atoms with van der Waals surface area (Å²) in [5, 5.41) is 1.39. The lowest BCUT2D eigenvalue weighted by molar-refractivity contribution is 0.0952. The monoisotopic (exact) mass is 477 g/mol. The number of furan rings is 1. The number of hydrogen-bond acceptors (Lipinski definition) is 7. The SMILES string of the molecule is COc1cc(C(=O)NCC(c2ccco2)S(=O)(=O)c2ccc(F)c(C)c2)cc(OC)c1OC. The predicted octanol–water partition coefficient (Wildman–Crippen LogP) is 3.70. The van der Waals surface area contributed by atoms with E-state index < -0.39 is 26.8 Å². The Labute approximate surface area is 191 Å². The lowest BCUT2D eigenvalue weighted by atomic mass is 10.1. The Bertz CT molecular complexity index is 1210. The Kier molecular flexibility index (Phi) is 7.27. The molecular formula is C23H24FNO7S. The fourth-order valence-electron chi connectivity index (χ4n) is 3.30. The van der Waals surface area contributed by atoms with Crippen molar-refractivity contribution in [2.24, 2.45) is 0 Å². The molecule has 0 spiro atoms. The number of carbonyl (C=O) groups is 1. The van der Waals surface area contributed by atoms with Gasteiger partial charge in [0.15, 0.2) is 21.3 Å². The lowest BCUT2D eigenvalue weighted by Crippen LogP contribution is -2.32. The third-order valence-corrected chi connectivity index (χ3v) is 7.13. The number of carbonyl (C=O) groups excluding carboxylic acids is 1. The second-order valence-electron chi connectivity index (χ2n) is 7.08. The van der Waals surface area contributed by atoms with Crippen molar-refractivity contribution < 1.29 is 36.2 Å². The molecule has 2 aromatic carbocycles. The Morgan fingerprint density at radius 2 is 1.73 bits per heavy atom. The van der Waals surface area contributed by atoms with Gasteiger partial charge in [0.2, 0.25) is 5.75 Å². The zero-order valence-corrected chi connectivity index (χ0v) is 19.4. The first-order valence-corrected chi connectivity index (χ1v) is 11.4. The highest BCUT2D eigenvalue weighted by Gasteiger charge is 2.32. The first-order chi connectivity index (χ1) is 15.7. The molecule has 1 aromatic heterocycles. The van der Waals surface area contributed by atoms with Crippen LogP contribution in [0.5, 0.6) is 17.2 Å². The van der Waals surface area contributed by atoms with Crippen molar-refractivity contribution in [3.05, 3.63) is 71.4 Å². The molecule has 1 unspecified atom stereocenters. The van der Waals surface area contributed by atoms with Gasteiger partial charge in [0.25, 0.3) is 5.91 Å². The van der Waals surface area contributed by atoms with Gasteiger partial charge in [-0.15, -0.1) is 0 Å². The van der Waals surface area contributed by atoms with Gasteiger partial charge >= 0.3 is 0 Å². The number of rotatable bonds is 9. The fraction of sp³-hybridized carbons (Fsp3) is 0.261. The number of sulfone groups is 1. The van der Waals surface area contributed by atoms with Crippen molar-refractivity contribution in [3.63, 3.8) is 0 Å². The minimum absolute atomic E-state index is 0.0789. The van der Waals surface area contributed by atoms with Crippen LogP contribution in [0.4, 0.5) is 4.39 Å². The van der Waals surface area contributed by atoms with Crippen molar-refractivity contribution in [1.82, 2.24) is 5.32 Å². The quantitative estimate of drug-likeness (QED) is 0.469. The maximum absolute atomic E-state index is 13.7. The first kappa shape index (κ1) is 24.1. The summed E-state index contributed by atoms with van der Waals surface area (Å²) < 4.78 is 61.5. The Hall–Kier alpha value is -3.53. The van der Waals surface area contributed by atoms with E-state index in [1.165, 1.54) is 64.8 Å². The zero-order valence-electron chi connectivity index (χ0n) is 18.5. The molecule has 1 amide bonds. The average Bonchev–Trinajstić information content (AvgIpc) is 3.33. The molecule has 176 valence electrons. The van der Waals surface area contributed by atoms with E-state index in [2.05, 4.69) is 5.32 Å². The van der Waals surface area contributed by atoms with Crippen LogP contribution in [0.3, 0.4) is 0 Å². The zero-order chi connectivity index (χ0) is 24.2. The summed E-state index contributed by atoms with van der Waals surface area (Å²) in [4.78, 5) is 12.8. The topological polar surface area (TPSA) is 104 Å². The average molecular weight is 478 g/mol. The summed E-state index contributed by atoms with van der Waals surface area (Å²) in [5.74, 6) is -0.0603. The van der Waals surface area contributed by atoms with Crippen LogP contribution >= 0.6 is 0 Å². The van der Waals surface area contributed by atoms with Crippen LogP contribution in [0.2, 0.25) is 0 Å². The number of nitrogens with one attached hydrogen (secondary N) is 1. The van der Waals surface area contributed by atoms with E-state index in [1.807, 2.05) is 0 Å². The van der Waals surface area contributed by atoms with Crippen LogP contribution in [-0.2, 0) is 9.84 Å². The highest BCUT2D eigenvalue weighted by Crippen LogP contribution is 2.38. The summed E-state index contributed by atoms with van der Waals surface area (Å²) in [6, 6.07) is 9.50. The molecule has 3 aromatic rings. The first-order valence-electron chi connectivity index (χ1n) is 9.84. The van der Waals surface area contributed by atoms with Crippen LogP contribution in [0.1, 0.15) is 26.9 Å². The van der Waals surface area contributed by atoms with E-state index in [9.17, 15) is 17.6 Å². The van der Waals surface area contributed by atoms with Crippen LogP contribution in [0.25, 0.3) is 0 Å². The number of amides is 1. The van der Waals surface area contributed by atoms with E-state index in [0.717, 1.165) is 6.07 Å². The van der Waals surface area contributed by atoms with Crippen molar-refractivity contribution in [2.45, 2.75) is 17.1 Å². The van der Waals surface area contributed by atoms with Gasteiger partial charge in [-0.2, -0.15) is 0 Å². The molecule has 8 nitrogen and oxygen atoms in total. The number of aryl methyl sites for hydroxylation is 1. The van der Waals surface area contributed by atoms with Gasteiger partial charge in [-0.25, -0.2) is 12.8 Å². The van der Waals surface area contributed by atoms with E-state index in [4.69, 9.17) is 18.6 Å². The van der Waals surface area contributed by atoms with Gasteiger partial charge in [0.05, 0.1) is 32.5 Å². The number of methoxy groups -OCH3 is 3. The van der Waals surface area contributed by atoms with Gasteiger partial charge in [0.1, 0.15) is 16.8 Å². The van der Waals surface area contributed by atoms with Gasteiger partial charge in [0, 0.05) is 12.1 Å². The molecule has 1 N–H and O–H groups in total. The molecule has 3 rings (SSSR count). The van der Waals surface area contributed by atoms with E-state index in [1.54, 1.807) is 6.07 Å². The molecule has 0 aliphatic heterocycles. The minimum Gasteiger partial charge on any atom is -0.493 e. The Morgan fingerprint density at radius 3 is 2.24 bits per heavy atom. The number of halogens is 1. The molecule has 10 heteroatoms. The maximum Gasteiger partial charge on any atom is 0.251 e. The van der Waals surface area contributed by atoms with Gasteiger partial charge < -0.3 is 23.9 Å². The highest BCUT2D eigenvalue weighted by molar-refractivity contribution is 7.91. The van der Waals surface area contributed by atoms with Crippen LogP contribution in [0.15, 0.2) is 58.0 Å². The predicted molar refractivity (Wildman–Crippen MR) is 118 cm³/mol. The Balaban J connectivity index is 1.91. The van der Waals surface area contributed by atoms with Gasteiger partial charge in [-0.3, -0.25) is 4.79 Å². The summed E-state index contributed by atoms with van der Waals surface area (Å²) in [7, 11) is 0.258. The molecule has 0 saturated heterocycles. The summed E-state index contributed by atoms with van der Waals surface area (Å²) >= 11 is 0. The molecular weight excluding hydrogens is 453 g/mol. The second kappa shape index (κ2) is 9.95. The summed E-state index contributed by atoms with van der Waals surface area (Å²) in [6.45, 7) is 1.18. The molecule has 0 aliphatic rings. The molecule has 0 aliphatic carbocycles. The van der Waals surface area contributed by atoms with Crippen molar-refractivity contribution in [2.75, 3.05) is 27.9 Å². The summed E-state index contributed by atoms with van der Waals surface area (Å²) in [5.41, 5.74) is 0.369. The maximum atomic E-state index is 13.7. The molecule has 0 bridgehead atoms. The third kappa shape index (κ3) is 4.95. The molecule has 1 heterocycles. The smallest absolute Gasteiger partial charge is 0.251 e. The largest absolute Gasteiger partial charge is 0.493 e. The highest BCUT2D eigenvalue weighted by atomic mass is 32.2. The molecule has 0 saturated carbocycles. The van der Waals surface area contributed by atoms with Crippen LogP contribution < -0.4 is 19.5 Å². The number of benzene rings is 2. The second-order valence-corrected chi connectivity index (χ2v) is 9.21. The van der Waals surface area contributed by atoms with Crippen molar-refractivity contribution in [3.8, 4) is 17.2 Å². The summed E-state index contributed by atoms with van der Waals surface area (Å²) in [6.07, 6.45) is 1.34. The molecule has 33 heavy (non-hydrogen) atoms. The lowest BCUT2D eigenvalue weighted by Gasteiger charge is -2.18. The number of ether oxygens (including phenoxy) is 3. The third-order valence-electron chi connectivity index (χ3n) is 5.07. The van der Waals surface area contributed by atoms with Crippen LogP contribution in [-0.4, -0.2) is 42.2 Å². The standard InChI is InChI=1S/C23H24FNO7S/c1-14-10-16(7-8-17(14)24)33(27,28)21(18-6-5-9-32-18)13-25-23(26)15-11-19(29-2)22(31-4)20(12-15)30-3/h5-12,21H,13H2,1-4H3,(H,25,26).